The average molecular weight is 353 g/mol. The second-order valence-electron chi connectivity index (χ2n) is 5.84. The third-order valence-corrected chi connectivity index (χ3v) is 4.40. The van der Waals surface area contributed by atoms with Crippen LogP contribution in [0.1, 0.15) is 19.3 Å². The van der Waals surface area contributed by atoms with Gasteiger partial charge < -0.3 is 15.6 Å². The summed E-state index contributed by atoms with van der Waals surface area (Å²) in [5.41, 5.74) is 5.19. The van der Waals surface area contributed by atoms with Gasteiger partial charge in [0.2, 0.25) is 5.91 Å². The zero-order valence-electron chi connectivity index (χ0n) is 13.2. The molecule has 3 N–H and O–H groups in total. The van der Waals surface area contributed by atoms with E-state index in [2.05, 4.69) is 4.98 Å². The molecule has 24 heavy (non-hydrogen) atoms. The van der Waals surface area contributed by atoms with Gasteiger partial charge in [-0.15, -0.1) is 12.4 Å². The second kappa shape index (κ2) is 7.63. The van der Waals surface area contributed by atoms with Gasteiger partial charge >= 0.3 is 5.69 Å². The summed E-state index contributed by atoms with van der Waals surface area (Å²) in [4.78, 5) is 41.5. The topological polar surface area (TPSA) is 101 Å². The molecule has 0 spiro atoms. The first kappa shape index (κ1) is 18.2. The highest BCUT2D eigenvalue weighted by molar-refractivity contribution is 5.85. The van der Waals surface area contributed by atoms with Crippen molar-refractivity contribution in [3.63, 3.8) is 0 Å². The smallest absolute Gasteiger partial charge is 0.329 e. The monoisotopic (exact) mass is 352 g/mol. The molecule has 1 aromatic heterocycles. The van der Waals surface area contributed by atoms with E-state index in [0.29, 0.717) is 24.0 Å². The summed E-state index contributed by atoms with van der Waals surface area (Å²) in [5.74, 6) is -0.233. The zero-order valence-corrected chi connectivity index (χ0v) is 14.1. The molecule has 2 aromatic rings. The predicted molar refractivity (Wildman–Crippen MR) is 94.5 cm³/mol. The molecule has 1 unspecified atom stereocenters. The van der Waals surface area contributed by atoms with Crippen LogP contribution in [0.4, 0.5) is 0 Å². The van der Waals surface area contributed by atoms with Crippen LogP contribution in [-0.2, 0) is 11.3 Å². The maximum atomic E-state index is 12.5. The molecule has 1 atom stereocenters. The van der Waals surface area contributed by atoms with E-state index in [0.717, 1.165) is 23.8 Å². The fraction of sp³-hybridized carbons (Fsp3) is 0.438. The minimum absolute atomic E-state index is 0. The number of likely N-dealkylation sites (tertiary alicyclic amines) is 1. The number of amides is 1. The van der Waals surface area contributed by atoms with Gasteiger partial charge in [0.15, 0.2) is 0 Å². The fourth-order valence-corrected chi connectivity index (χ4v) is 3.14. The number of halogens is 1. The van der Waals surface area contributed by atoms with Crippen molar-refractivity contribution in [2.45, 2.75) is 31.8 Å². The molecule has 1 fully saturated rings. The van der Waals surface area contributed by atoms with Crippen molar-refractivity contribution in [1.82, 2.24) is 14.5 Å². The summed E-state index contributed by atoms with van der Waals surface area (Å²) in [6, 6.07) is 6.76. The number of carbonyl (C=O) groups excluding carboxylic acids is 1. The van der Waals surface area contributed by atoms with Crippen LogP contribution >= 0.6 is 12.4 Å². The Morgan fingerprint density at radius 2 is 2.00 bits per heavy atom. The third-order valence-electron chi connectivity index (χ3n) is 4.40. The largest absolute Gasteiger partial charge is 0.337 e. The number of hydrogen-bond donors (Lipinski definition) is 2. The number of nitrogens with zero attached hydrogens (tertiary/aromatic N) is 2. The summed E-state index contributed by atoms with van der Waals surface area (Å²) >= 11 is 0. The molecule has 1 aliphatic rings. The summed E-state index contributed by atoms with van der Waals surface area (Å²) in [6.45, 7) is 0.769. The van der Waals surface area contributed by atoms with Crippen molar-refractivity contribution in [1.29, 1.82) is 0 Å². The molecule has 0 radical (unpaired) electrons. The molecule has 3 rings (SSSR count). The number of H-pyrrole nitrogens is 1. The number of para-hydroxylation sites is 1. The van der Waals surface area contributed by atoms with Crippen molar-refractivity contribution in [3.8, 4) is 0 Å². The van der Waals surface area contributed by atoms with Crippen LogP contribution in [0.2, 0.25) is 0 Å². The van der Waals surface area contributed by atoms with E-state index in [1.807, 2.05) is 0 Å². The molecule has 2 heterocycles. The van der Waals surface area contributed by atoms with Gasteiger partial charge in [-0.25, -0.2) is 4.79 Å². The number of aromatic nitrogens is 2. The maximum Gasteiger partial charge on any atom is 0.329 e. The minimum Gasteiger partial charge on any atom is -0.337 e. The first-order chi connectivity index (χ1) is 11.1. The lowest BCUT2D eigenvalue weighted by Crippen LogP contribution is -2.50. The molecule has 130 valence electrons. The number of nitrogens with one attached hydrogen (secondary N) is 1. The lowest BCUT2D eigenvalue weighted by molar-refractivity contribution is -0.135. The molecule has 0 bridgehead atoms. The highest BCUT2D eigenvalue weighted by atomic mass is 35.5. The van der Waals surface area contributed by atoms with E-state index in [-0.39, 0.29) is 30.9 Å². The normalized spacial score (nSPS) is 17.5. The van der Waals surface area contributed by atoms with Crippen molar-refractivity contribution >= 4 is 29.2 Å². The van der Waals surface area contributed by atoms with Crippen LogP contribution in [0.25, 0.3) is 10.9 Å². The van der Waals surface area contributed by atoms with Crippen LogP contribution in [-0.4, -0.2) is 39.5 Å². The average Bonchev–Trinajstić information content (AvgIpc) is 2.58. The standard InChI is InChI=1S/C16H20N4O3.ClH/c17-9-11-5-3-4-8-19(11)14(21)10-20-15(22)12-6-1-2-7-13(12)18-16(20)23;/h1-2,6-7,11H,3-5,8-10,17H2,(H,18,23);1H. The third kappa shape index (κ3) is 3.37. The molecule has 7 nitrogen and oxygen atoms in total. The number of hydrogen-bond acceptors (Lipinski definition) is 4. The van der Waals surface area contributed by atoms with E-state index >= 15 is 0 Å². The number of piperidine rings is 1. The number of aromatic amines is 1. The number of benzene rings is 1. The highest BCUT2D eigenvalue weighted by Gasteiger charge is 2.26. The quantitative estimate of drug-likeness (QED) is 0.837. The van der Waals surface area contributed by atoms with E-state index < -0.39 is 11.2 Å². The Morgan fingerprint density at radius 3 is 2.75 bits per heavy atom. The Balaban J connectivity index is 0.00000208. The van der Waals surface area contributed by atoms with Gasteiger partial charge in [0.05, 0.1) is 10.9 Å². The van der Waals surface area contributed by atoms with Gasteiger partial charge in [-0.3, -0.25) is 14.2 Å². The van der Waals surface area contributed by atoms with Crippen LogP contribution in [0.3, 0.4) is 0 Å². The Morgan fingerprint density at radius 1 is 1.25 bits per heavy atom. The zero-order chi connectivity index (χ0) is 16.4. The molecular weight excluding hydrogens is 332 g/mol. The van der Waals surface area contributed by atoms with Crippen LogP contribution < -0.4 is 17.0 Å². The molecule has 1 aromatic carbocycles. The number of carbonyl (C=O) groups is 1. The molecule has 0 aliphatic carbocycles. The van der Waals surface area contributed by atoms with Gasteiger partial charge in [-0.2, -0.15) is 0 Å². The Bertz CT molecular complexity index is 845. The van der Waals surface area contributed by atoms with Gasteiger partial charge in [0.25, 0.3) is 5.56 Å². The van der Waals surface area contributed by atoms with Crippen molar-refractivity contribution in [3.05, 3.63) is 45.1 Å². The first-order valence-corrected chi connectivity index (χ1v) is 7.83. The summed E-state index contributed by atoms with van der Waals surface area (Å²) in [5, 5.41) is 0.397. The number of rotatable bonds is 3. The van der Waals surface area contributed by atoms with Crippen LogP contribution in [0.5, 0.6) is 0 Å². The SMILES string of the molecule is Cl.NCC1CCCCN1C(=O)Cn1c(=O)[nH]c2ccccc2c1=O. The lowest BCUT2D eigenvalue weighted by Gasteiger charge is -2.35. The van der Waals surface area contributed by atoms with Gasteiger partial charge in [-0.1, -0.05) is 12.1 Å². The van der Waals surface area contributed by atoms with Gasteiger partial charge in [0.1, 0.15) is 6.54 Å². The van der Waals surface area contributed by atoms with E-state index in [4.69, 9.17) is 5.73 Å². The van der Waals surface area contributed by atoms with E-state index in [9.17, 15) is 14.4 Å². The molecular formula is C16H21ClN4O3. The van der Waals surface area contributed by atoms with Gasteiger partial charge in [0, 0.05) is 19.1 Å². The number of fused-ring (bicyclic) bond motifs is 1. The van der Waals surface area contributed by atoms with Crippen molar-refractivity contribution in [2.24, 2.45) is 5.73 Å². The van der Waals surface area contributed by atoms with Crippen LogP contribution in [0, 0.1) is 0 Å². The summed E-state index contributed by atoms with van der Waals surface area (Å²) < 4.78 is 0.965. The van der Waals surface area contributed by atoms with Crippen molar-refractivity contribution < 1.29 is 4.79 Å². The first-order valence-electron chi connectivity index (χ1n) is 7.83. The van der Waals surface area contributed by atoms with Crippen LogP contribution in [0.15, 0.2) is 33.9 Å². The van der Waals surface area contributed by atoms with Gasteiger partial charge in [-0.05, 0) is 31.4 Å². The summed E-state index contributed by atoms with van der Waals surface area (Å²) in [6.07, 6.45) is 2.83. The Labute approximate surface area is 144 Å². The lowest BCUT2D eigenvalue weighted by atomic mass is 10.0. The second-order valence-corrected chi connectivity index (χ2v) is 5.84. The molecule has 1 amide bonds. The minimum atomic E-state index is -0.566. The van der Waals surface area contributed by atoms with Crippen molar-refractivity contribution in [2.75, 3.05) is 13.1 Å². The highest BCUT2D eigenvalue weighted by Crippen LogP contribution is 2.16. The van der Waals surface area contributed by atoms with E-state index in [1.165, 1.54) is 0 Å². The predicted octanol–water partition coefficient (Wildman–Crippen LogP) is 0.451. The summed E-state index contributed by atoms with van der Waals surface area (Å²) in [7, 11) is 0. The fourth-order valence-electron chi connectivity index (χ4n) is 3.14. The van der Waals surface area contributed by atoms with E-state index in [1.54, 1.807) is 29.2 Å². The number of nitrogens with two attached hydrogens (primary N) is 1. The molecule has 0 saturated carbocycles. The Kier molecular flexibility index (Phi) is 5.80. The molecule has 8 heteroatoms. The Hall–Kier alpha value is -2.12. The molecule has 1 aliphatic heterocycles. The maximum absolute atomic E-state index is 12.5. The molecule has 1 saturated heterocycles.